The van der Waals surface area contributed by atoms with E-state index in [0.717, 1.165) is 16.7 Å². The fourth-order valence-corrected chi connectivity index (χ4v) is 3.78. The number of hydrogen-bond acceptors (Lipinski definition) is 3. The van der Waals surface area contributed by atoms with Crippen LogP contribution >= 0.6 is 23.2 Å². The monoisotopic (exact) mass is 478 g/mol. The first-order chi connectivity index (χ1) is 15.0. The number of halogens is 2. The van der Waals surface area contributed by atoms with Crippen LogP contribution in [0.5, 0.6) is 5.75 Å². The molecule has 5 nitrogen and oxygen atoms in total. The van der Waals surface area contributed by atoms with E-state index in [-0.39, 0.29) is 25.0 Å². The summed E-state index contributed by atoms with van der Waals surface area (Å²) in [5, 5.41) is 3.77. The highest BCUT2D eigenvalue weighted by Crippen LogP contribution is 2.27. The van der Waals surface area contributed by atoms with Crippen molar-refractivity contribution in [3.63, 3.8) is 0 Å². The Labute approximate surface area is 201 Å². The second kappa shape index (κ2) is 11.6. The molecule has 2 amide bonds. The molecule has 2 aromatic carbocycles. The van der Waals surface area contributed by atoms with Crippen molar-refractivity contribution in [1.82, 2.24) is 10.2 Å². The van der Waals surface area contributed by atoms with Gasteiger partial charge in [-0.3, -0.25) is 9.59 Å². The molecule has 0 unspecified atom stereocenters. The normalized spacial score (nSPS) is 11.9. The summed E-state index contributed by atoms with van der Waals surface area (Å²) in [7, 11) is 0. The molecule has 1 N–H and O–H groups in total. The topological polar surface area (TPSA) is 58.6 Å². The molecule has 0 aromatic heterocycles. The maximum Gasteiger partial charge on any atom is 0.261 e. The summed E-state index contributed by atoms with van der Waals surface area (Å²) < 4.78 is 5.88. The van der Waals surface area contributed by atoms with Crippen LogP contribution in [0.15, 0.2) is 30.3 Å². The average Bonchev–Trinajstić information content (AvgIpc) is 2.72. The molecular formula is C25H32Cl2N2O3. The summed E-state index contributed by atoms with van der Waals surface area (Å²) >= 11 is 12.7. The van der Waals surface area contributed by atoms with E-state index in [2.05, 4.69) is 11.4 Å². The van der Waals surface area contributed by atoms with Gasteiger partial charge in [0.2, 0.25) is 5.91 Å². The molecule has 7 heteroatoms. The molecule has 174 valence electrons. The quantitative estimate of drug-likeness (QED) is 0.518. The van der Waals surface area contributed by atoms with Crippen LogP contribution in [0.4, 0.5) is 0 Å². The Morgan fingerprint density at radius 2 is 1.69 bits per heavy atom. The smallest absolute Gasteiger partial charge is 0.261 e. The van der Waals surface area contributed by atoms with E-state index < -0.39 is 6.04 Å². The minimum Gasteiger partial charge on any atom is -0.483 e. The van der Waals surface area contributed by atoms with Gasteiger partial charge in [-0.05, 0) is 68.5 Å². The van der Waals surface area contributed by atoms with Gasteiger partial charge in [-0.25, -0.2) is 0 Å². The Morgan fingerprint density at radius 1 is 1.06 bits per heavy atom. The van der Waals surface area contributed by atoms with Gasteiger partial charge in [0.15, 0.2) is 6.61 Å². The highest BCUT2D eigenvalue weighted by molar-refractivity contribution is 6.36. The van der Waals surface area contributed by atoms with Crippen LogP contribution < -0.4 is 10.1 Å². The van der Waals surface area contributed by atoms with Gasteiger partial charge in [0, 0.05) is 28.7 Å². The zero-order chi connectivity index (χ0) is 24.0. The number of carbonyl (C=O) groups excluding carboxylic acids is 2. The number of nitrogens with one attached hydrogen (secondary N) is 1. The van der Waals surface area contributed by atoms with Crippen molar-refractivity contribution >= 4 is 35.0 Å². The van der Waals surface area contributed by atoms with Crippen molar-refractivity contribution in [2.24, 2.45) is 5.92 Å². The van der Waals surface area contributed by atoms with E-state index in [1.165, 1.54) is 4.90 Å². The van der Waals surface area contributed by atoms with Crippen LogP contribution in [-0.4, -0.2) is 35.9 Å². The largest absolute Gasteiger partial charge is 0.483 e. The van der Waals surface area contributed by atoms with Crippen LogP contribution in [0.25, 0.3) is 0 Å². The molecule has 0 aliphatic carbocycles. The third-order valence-corrected chi connectivity index (χ3v) is 6.07. The molecule has 0 fully saturated rings. The summed E-state index contributed by atoms with van der Waals surface area (Å²) in [5.41, 5.74) is 3.72. The number of hydrogen-bond donors (Lipinski definition) is 1. The van der Waals surface area contributed by atoms with Crippen molar-refractivity contribution in [1.29, 1.82) is 0 Å². The molecule has 1 atom stereocenters. The van der Waals surface area contributed by atoms with E-state index >= 15 is 0 Å². The second-order valence-corrected chi connectivity index (χ2v) is 9.34. The van der Waals surface area contributed by atoms with Crippen molar-refractivity contribution in [2.75, 3.05) is 13.2 Å². The van der Waals surface area contributed by atoms with Crippen LogP contribution in [0, 0.1) is 26.7 Å². The first kappa shape index (κ1) is 26.0. The van der Waals surface area contributed by atoms with Crippen LogP contribution in [-0.2, 0) is 16.1 Å². The lowest BCUT2D eigenvalue weighted by Gasteiger charge is -2.29. The fraction of sp³-hybridized carbons (Fsp3) is 0.440. The lowest BCUT2D eigenvalue weighted by atomic mass is 10.1. The molecule has 0 saturated heterocycles. The van der Waals surface area contributed by atoms with Gasteiger partial charge < -0.3 is 15.0 Å². The molecular weight excluding hydrogens is 447 g/mol. The predicted octanol–water partition coefficient (Wildman–Crippen LogP) is 5.49. The highest BCUT2D eigenvalue weighted by Gasteiger charge is 2.28. The lowest BCUT2D eigenvalue weighted by molar-refractivity contribution is -0.142. The fourth-order valence-electron chi connectivity index (χ4n) is 3.26. The lowest BCUT2D eigenvalue weighted by Crippen LogP contribution is -2.49. The van der Waals surface area contributed by atoms with E-state index in [1.54, 1.807) is 25.1 Å². The zero-order valence-corrected chi connectivity index (χ0v) is 21.1. The van der Waals surface area contributed by atoms with Crippen molar-refractivity contribution < 1.29 is 14.3 Å². The molecule has 32 heavy (non-hydrogen) atoms. The number of benzene rings is 2. The molecule has 0 aliphatic rings. The SMILES string of the molecule is Cc1cc(C)c(C)c(OCC(=O)N(Cc2c(Cl)cccc2Cl)[C@@H](C)C(=O)NCC(C)C)c1. The van der Waals surface area contributed by atoms with Crippen molar-refractivity contribution in [3.8, 4) is 5.75 Å². The maximum atomic E-state index is 13.2. The Kier molecular flexibility index (Phi) is 9.41. The number of nitrogens with zero attached hydrogens (tertiary/aromatic N) is 1. The Bertz CT molecular complexity index is 956. The molecule has 2 aromatic rings. The molecule has 0 bridgehead atoms. The number of amides is 2. The maximum absolute atomic E-state index is 13.2. The van der Waals surface area contributed by atoms with Gasteiger partial charge >= 0.3 is 0 Å². The summed E-state index contributed by atoms with van der Waals surface area (Å²) in [6.07, 6.45) is 0. The summed E-state index contributed by atoms with van der Waals surface area (Å²) in [4.78, 5) is 27.5. The Balaban J connectivity index is 2.26. The molecule has 0 aliphatic heterocycles. The molecule has 0 spiro atoms. The van der Waals surface area contributed by atoms with Gasteiger partial charge in [-0.2, -0.15) is 0 Å². The summed E-state index contributed by atoms with van der Waals surface area (Å²) in [5.74, 6) is 0.386. The highest BCUT2D eigenvalue weighted by atomic mass is 35.5. The Hall–Kier alpha value is -2.24. The van der Waals surface area contributed by atoms with E-state index in [1.807, 2.05) is 40.7 Å². The third-order valence-electron chi connectivity index (χ3n) is 5.36. The van der Waals surface area contributed by atoms with Gasteiger partial charge in [0.05, 0.1) is 0 Å². The van der Waals surface area contributed by atoms with Crippen LogP contribution in [0.1, 0.15) is 43.0 Å². The Morgan fingerprint density at radius 3 is 2.28 bits per heavy atom. The van der Waals surface area contributed by atoms with Gasteiger partial charge in [0.1, 0.15) is 11.8 Å². The predicted molar refractivity (Wildman–Crippen MR) is 130 cm³/mol. The minimum absolute atomic E-state index is 0.1000. The van der Waals surface area contributed by atoms with Gasteiger partial charge in [-0.15, -0.1) is 0 Å². The summed E-state index contributed by atoms with van der Waals surface area (Å²) in [6.45, 7) is 12.1. The van der Waals surface area contributed by atoms with Crippen molar-refractivity contribution in [3.05, 3.63) is 62.6 Å². The molecule has 0 heterocycles. The molecule has 0 radical (unpaired) electrons. The van der Waals surface area contributed by atoms with Crippen LogP contribution in [0.3, 0.4) is 0 Å². The zero-order valence-electron chi connectivity index (χ0n) is 19.6. The number of carbonyl (C=O) groups is 2. The van der Waals surface area contributed by atoms with Gasteiger partial charge in [-0.1, -0.05) is 49.2 Å². The first-order valence-electron chi connectivity index (χ1n) is 10.7. The summed E-state index contributed by atoms with van der Waals surface area (Å²) in [6, 6.07) is 8.41. The van der Waals surface area contributed by atoms with E-state index in [4.69, 9.17) is 27.9 Å². The number of rotatable bonds is 9. The first-order valence-corrected chi connectivity index (χ1v) is 11.5. The minimum atomic E-state index is -0.725. The van der Waals surface area contributed by atoms with Crippen molar-refractivity contribution in [2.45, 2.75) is 54.1 Å². The van der Waals surface area contributed by atoms with Gasteiger partial charge in [0.25, 0.3) is 5.91 Å². The second-order valence-electron chi connectivity index (χ2n) is 8.53. The number of aryl methyl sites for hydroxylation is 2. The molecule has 2 rings (SSSR count). The number of ether oxygens (including phenoxy) is 1. The average molecular weight is 479 g/mol. The van der Waals surface area contributed by atoms with E-state index in [9.17, 15) is 9.59 Å². The van der Waals surface area contributed by atoms with Crippen LogP contribution in [0.2, 0.25) is 10.0 Å². The third kappa shape index (κ3) is 6.88. The standard InChI is InChI=1S/C25H32Cl2N2O3/c1-15(2)12-28-25(31)19(6)29(13-20-21(26)8-7-9-22(20)27)24(30)14-32-23-11-16(3)10-17(4)18(23)5/h7-11,15,19H,12-14H2,1-6H3,(H,28,31)/t19-/m0/s1. The molecule has 0 saturated carbocycles. The van der Waals surface area contributed by atoms with E-state index in [0.29, 0.717) is 33.8 Å².